The standard InChI is InChI=1S/C17H27NO2/c1-13-5-4-6-15(11-13)18-10-9-14-7-8-16(19-2)17(12-14)20-3/h7-8,12-13,15,18H,4-6,9-11H2,1-3H3/t13-,15-/m1/s1. The van der Waals surface area contributed by atoms with Crippen LogP contribution in [0.4, 0.5) is 0 Å². The van der Waals surface area contributed by atoms with Crippen molar-refractivity contribution in [3.63, 3.8) is 0 Å². The van der Waals surface area contributed by atoms with Crippen molar-refractivity contribution in [1.82, 2.24) is 5.32 Å². The number of hydrogen-bond donors (Lipinski definition) is 1. The summed E-state index contributed by atoms with van der Waals surface area (Å²) in [6.07, 6.45) is 6.45. The highest BCUT2D eigenvalue weighted by molar-refractivity contribution is 5.42. The highest BCUT2D eigenvalue weighted by Gasteiger charge is 2.17. The minimum Gasteiger partial charge on any atom is -0.493 e. The quantitative estimate of drug-likeness (QED) is 0.864. The van der Waals surface area contributed by atoms with Crippen LogP contribution in [0.2, 0.25) is 0 Å². The lowest BCUT2D eigenvalue weighted by Crippen LogP contribution is -2.34. The van der Waals surface area contributed by atoms with Gasteiger partial charge in [0.25, 0.3) is 0 Å². The van der Waals surface area contributed by atoms with Crippen LogP contribution in [0, 0.1) is 5.92 Å². The summed E-state index contributed by atoms with van der Waals surface area (Å²) in [5.74, 6) is 2.49. The van der Waals surface area contributed by atoms with Crippen molar-refractivity contribution in [2.24, 2.45) is 5.92 Å². The van der Waals surface area contributed by atoms with Crippen molar-refractivity contribution in [1.29, 1.82) is 0 Å². The lowest BCUT2D eigenvalue weighted by molar-refractivity contribution is 0.303. The number of benzene rings is 1. The topological polar surface area (TPSA) is 30.5 Å². The largest absolute Gasteiger partial charge is 0.493 e. The SMILES string of the molecule is COc1ccc(CCN[C@@H]2CCC[C@@H](C)C2)cc1OC. The summed E-state index contributed by atoms with van der Waals surface area (Å²) < 4.78 is 10.6. The zero-order valence-electron chi connectivity index (χ0n) is 12.9. The summed E-state index contributed by atoms with van der Waals surface area (Å²) in [5.41, 5.74) is 1.29. The summed E-state index contributed by atoms with van der Waals surface area (Å²) in [7, 11) is 3.35. The number of nitrogens with one attached hydrogen (secondary N) is 1. The fourth-order valence-corrected chi connectivity index (χ4v) is 3.08. The maximum atomic E-state index is 5.34. The third-order valence-electron chi connectivity index (χ3n) is 4.23. The van der Waals surface area contributed by atoms with Crippen LogP contribution in [-0.2, 0) is 6.42 Å². The number of hydrogen-bond acceptors (Lipinski definition) is 3. The smallest absolute Gasteiger partial charge is 0.160 e. The molecule has 3 heteroatoms. The predicted molar refractivity (Wildman–Crippen MR) is 82.7 cm³/mol. The molecule has 20 heavy (non-hydrogen) atoms. The molecule has 0 aromatic heterocycles. The first kappa shape index (κ1) is 15.2. The van der Waals surface area contributed by atoms with E-state index in [0.29, 0.717) is 6.04 Å². The van der Waals surface area contributed by atoms with Crippen molar-refractivity contribution in [2.45, 2.75) is 45.1 Å². The Morgan fingerprint density at radius 1 is 1.15 bits per heavy atom. The molecule has 0 spiro atoms. The highest BCUT2D eigenvalue weighted by atomic mass is 16.5. The van der Waals surface area contributed by atoms with Crippen LogP contribution in [0.5, 0.6) is 11.5 Å². The Hall–Kier alpha value is -1.22. The molecule has 0 saturated heterocycles. The van der Waals surface area contributed by atoms with Gasteiger partial charge in [0.05, 0.1) is 14.2 Å². The van der Waals surface area contributed by atoms with E-state index in [1.165, 1.54) is 31.2 Å². The van der Waals surface area contributed by atoms with Crippen molar-refractivity contribution < 1.29 is 9.47 Å². The van der Waals surface area contributed by atoms with Crippen molar-refractivity contribution in [3.05, 3.63) is 23.8 Å². The van der Waals surface area contributed by atoms with Gasteiger partial charge in [-0.15, -0.1) is 0 Å². The molecule has 1 saturated carbocycles. The average molecular weight is 277 g/mol. The van der Waals surface area contributed by atoms with E-state index in [9.17, 15) is 0 Å². The van der Waals surface area contributed by atoms with Crippen LogP contribution in [0.15, 0.2) is 18.2 Å². The lowest BCUT2D eigenvalue weighted by Gasteiger charge is -2.27. The van der Waals surface area contributed by atoms with E-state index in [1.807, 2.05) is 6.07 Å². The molecule has 0 heterocycles. The van der Waals surface area contributed by atoms with Gasteiger partial charge in [-0.25, -0.2) is 0 Å². The van der Waals surface area contributed by atoms with Crippen LogP contribution in [0.1, 0.15) is 38.2 Å². The molecule has 0 radical (unpaired) electrons. The van der Waals surface area contributed by atoms with E-state index < -0.39 is 0 Å². The molecule has 0 bridgehead atoms. The fourth-order valence-electron chi connectivity index (χ4n) is 3.08. The number of rotatable bonds is 6. The minimum absolute atomic E-state index is 0.707. The lowest BCUT2D eigenvalue weighted by atomic mass is 9.87. The Morgan fingerprint density at radius 3 is 2.65 bits per heavy atom. The van der Waals surface area contributed by atoms with E-state index in [1.54, 1.807) is 14.2 Å². The van der Waals surface area contributed by atoms with Crippen molar-refractivity contribution in [2.75, 3.05) is 20.8 Å². The van der Waals surface area contributed by atoms with Gasteiger partial charge in [0.15, 0.2) is 11.5 Å². The Bertz CT molecular complexity index is 419. The van der Waals surface area contributed by atoms with Crippen LogP contribution < -0.4 is 14.8 Å². The van der Waals surface area contributed by atoms with E-state index in [4.69, 9.17) is 9.47 Å². The monoisotopic (exact) mass is 277 g/mol. The van der Waals surface area contributed by atoms with E-state index in [-0.39, 0.29) is 0 Å². The zero-order valence-corrected chi connectivity index (χ0v) is 12.9. The van der Waals surface area contributed by atoms with E-state index in [0.717, 1.165) is 30.4 Å². The van der Waals surface area contributed by atoms with Gasteiger partial charge >= 0.3 is 0 Å². The number of ether oxygens (including phenoxy) is 2. The maximum Gasteiger partial charge on any atom is 0.160 e. The Morgan fingerprint density at radius 2 is 1.95 bits per heavy atom. The summed E-state index contributed by atoms with van der Waals surface area (Å²) in [6.45, 7) is 3.40. The molecule has 1 fully saturated rings. The third kappa shape index (κ3) is 4.14. The Balaban J connectivity index is 1.81. The third-order valence-corrected chi connectivity index (χ3v) is 4.23. The fraction of sp³-hybridized carbons (Fsp3) is 0.647. The summed E-state index contributed by atoms with van der Waals surface area (Å²) in [5, 5.41) is 3.69. The molecule has 0 amide bonds. The van der Waals surface area contributed by atoms with Crippen LogP contribution >= 0.6 is 0 Å². The molecule has 0 aliphatic heterocycles. The van der Waals surface area contributed by atoms with Gasteiger partial charge in [-0.05, 0) is 49.4 Å². The molecule has 1 aromatic rings. The molecule has 112 valence electrons. The molecular formula is C17H27NO2. The van der Waals surface area contributed by atoms with Gasteiger partial charge in [-0.1, -0.05) is 25.8 Å². The zero-order chi connectivity index (χ0) is 14.4. The maximum absolute atomic E-state index is 5.34. The predicted octanol–water partition coefficient (Wildman–Crippen LogP) is 3.41. The minimum atomic E-state index is 0.707. The molecule has 2 rings (SSSR count). The van der Waals surface area contributed by atoms with Gasteiger partial charge in [0, 0.05) is 6.04 Å². The van der Waals surface area contributed by atoms with Gasteiger partial charge in [-0.2, -0.15) is 0 Å². The van der Waals surface area contributed by atoms with Gasteiger partial charge in [0.1, 0.15) is 0 Å². The average Bonchev–Trinajstić information content (AvgIpc) is 2.47. The first-order chi connectivity index (χ1) is 9.72. The van der Waals surface area contributed by atoms with Crippen LogP contribution in [0.3, 0.4) is 0 Å². The normalized spacial score (nSPS) is 22.6. The molecule has 2 atom stereocenters. The highest BCUT2D eigenvalue weighted by Crippen LogP contribution is 2.28. The molecular weight excluding hydrogens is 250 g/mol. The summed E-state index contributed by atoms with van der Waals surface area (Å²) >= 11 is 0. The second-order valence-electron chi connectivity index (χ2n) is 5.86. The Labute approximate surface area is 122 Å². The molecule has 1 N–H and O–H groups in total. The van der Waals surface area contributed by atoms with Gasteiger partial charge < -0.3 is 14.8 Å². The van der Waals surface area contributed by atoms with Gasteiger partial charge in [-0.3, -0.25) is 0 Å². The first-order valence-electron chi connectivity index (χ1n) is 7.67. The first-order valence-corrected chi connectivity index (χ1v) is 7.67. The summed E-state index contributed by atoms with van der Waals surface area (Å²) in [6, 6.07) is 6.88. The van der Waals surface area contributed by atoms with Crippen LogP contribution in [-0.4, -0.2) is 26.8 Å². The molecule has 1 aromatic carbocycles. The van der Waals surface area contributed by atoms with Crippen LogP contribution in [0.25, 0.3) is 0 Å². The molecule has 1 aliphatic carbocycles. The van der Waals surface area contributed by atoms with E-state index in [2.05, 4.69) is 24.4 Å². The number of methoxy groups -OCH3 is 2. The van der Waals surface area contributed by atoms with Crippen molar-refractivity contribution >= 4 is 0 Å². The molecule has 1 aliphatic rings. The summed E-state index contributed by atoms with van der Waals surface area (Å²) in [4.78, 5) is 0. The Kier molecular flexibility index (Phi) is 5.72. The van der Waals surface area contributed by atoms with Gasteiger partial charge in [0.2, 0.25) is 0 Å². The second kappa shape index (κ2) is 7.53. The van der Waals surface area contributed by atoms with Crippen molar-refractivity contribution in [3.8, 4) is 11.5 Å². The molecule has 3 nitrogen and oxygen atoms in total. The molecule has 0 unspecified atom stereocenters. The van der Waals surface area contributed by atoms with E-state index >= 15 is 0 Å². The second-order valence-corrected chi connectivity index (χ2v) is 5.86.